The third kappa shape index (κ3) is 4.73. The van der Waals surface area contributed by atoms with Gasteiger partial charge in [-0.1, -0.05) is 18.6 Å². The van der Waals surface area contributed by atoms with E-state index in [0.717, 1.165) is 24.5 Å². The van der Waals surface area contributed by atoms with Gasteiger partial charge in [-0.15, -0.1) is 0 Å². The molecule has 0 radical (unpaired) electrons. The highest BCUT2D eigenvalue weighted by atomic mass is 16.5. The average Bonchev–Trinajstić information content (AvgIpc) is 2.48. The third-order valence-corrected chi connectivity index (χ3v) is 4.45. The van der Waals surface area contributed by atoms with Crippen molar-refractivity contribution < 1.29 is 14.4 Å². The van der Waals surface area contributed by atoms with Crippen LogP contribution in [0.3, 0.4) is 0 Å². The molecule has 1 saturated heterocycles. The van der Waals surface area contributed by atoms with Crippen LogP contribution >= 0.6 is 0 Å². The zero-order chi connectivity index (χ0) is 15.8. The van der Waals surface area contributed by atoms with Gasteiger partial charge in [0, 0.05) is 0 Å². The standard InChI is InChI=1S/C18H28N2O2/c1-3-22-17-12-8-7-11-16(17)19-18(21)15(2)20-13-9-5-4-6-10-14-20/h7-8,11-12,15H,3-6,9-10,13-14H2,1-2H3,(H,19,21)/p+1/t15-/m0/s1. The molecule has 122 valence electrons. The topological polar surface area (TPSA) is 42.8 Å². The van der Waals surface area contributed by atoms with Crippen molar-refractivity contribution >= 4 is 11.6 Å². The van der Waals surface area contributed by atoms with E-state index in [1.165, 1.54) is 37.0 Å². The number of benzene rings is 1. The number of likely N-dealkylation sites (tertiary alicyclic amines) is 1. The van der Waals surface area contributed by atoms with E-state index in [4.69, 9.17) is 4.74 Å². The zero-order valence-electron chi connectivity index (χ0n) is 13.9. The monoisotopic (exact) mass is 305 g/mol. The summed E-state index contributed by atoms with van der Waals surface area (Å²) in [6.45, 7) is 6.78. The van der Waals surface area contributed by atoms with E-state index in [0.29, 0.717) is 6.61 Å². The first-order valence-electron chi connectivity index (χ1n) is 8.59. The Hall–Kier alpha value is -1.55. The minimum atomic E-state index is -0.0206. The highest BCUT2D eigenvalue weighted by Crippen LogP contribution is 2.23. The number of carbonyl (C=O) groups is 1. The van der Waals surface area contributed by atoms with E-state index in [1.807, 2.05) is 38.1 Å². The summed E-state index contributed by atoms with van der Waals surface area (Å²) in [6.07, 6.45) is 6.39. The molecule has 1 aromatic carbocycles. The molecule has 0 aliphatic carbocycles. The van der Waals surface area contributed by atoms with Crippen LogP contribution in [0.15, 0.2) is 24.3 Å². The Bertz CT molecular complexity index is 468. The van der Waals surface area contributed by atoms with E-state index >= 15 is 0 Å². The number of nitrogens with one attached hydrogen (secondary N) is 2. The van der Waals surface area contributed by atoms with Gasteiger partial charge in [-0.05, 0) is 51.7 Å². The molecule has 4 nitrogen and oxygen atoms in total. The lowest BCUT2D eigenvalue weighted by atomic mass is 10.1. The van der Waals surface area contributed by atoms with Crippen molar-refractivity contribution in [3.63, 3.8) is 0 Å². The minimum absolute atomic E-state index is 0.0206. The molecule has 2 rings (SSSR count). The van der Waals surface area contributed by atoms with Crippen molar-refractivity contribution in [3.05, 3.63) is 24.3 Å². The molecule has 0 aromatic heterocycles. The molecule has 1 aromatic rings. The van der Waals surface area contributed by atoms with Gasteiger partial charge in [-0.3, -0.25) is 4.79 Å². The molecular weight excluding hydrogens is 276 g/mol. The molecule has 0 bridgehead atoms. The van der Waals surface area contributed by atoms with Gasteiger partial charge in [0.1, 0.15) is 5.75 Å². The van der Waals surface area contributed by atoms with Gasteiger partial charge in [0.15, 0.2) is 6.04 Å². The molecule has 1 amide bonds. The highest BCUT2D eigenvalue weighted by Gasteiger charge is 2.25. The van der Waals surface area contributed by atoms with Crippen LogP contribution in [0.2, 0.25) is 0 Å². The van der Waals surface area contributed by atoms with E-state index in [2.05, 4.69) is 5.32 Å². The molecular formula is C18H29N2O2+. The maximum atomic E-state index is 12.6. The molecule has 1 heterocycles. The minimum Gasteiger partial charge on any atom is -0.492 e. The van der Waals surface area contributed by atoms with Gasteiger partial charge in [-0.2, -0.15) is 0 Å². The number of anilines is 1. The summed E-state index contributed by atoms with van der Waals surface area (Å²) in [4.78, 5) is 14.0. The smallest absolute Gasteiger partial charge is 0.282 e. The Morgan fingerprint density at radius 1 is 1.18 bits per heavy atom. The van der Waals surface area contributed by atoms with Crippen molar-refractivity contribution in [2.45, 2.75) is 52.0 Å². The number of rotatable bonds is 5. The van der Waals surface area contributed by atoms with Gasteiger partial charge >= 0.3 is 0 Å². The molecule has 1 aliphatic heterocycles. The Labute approximate surface area is 133 Å². The molecule has 1 aliphatic rings. The summed E-state index contributed by atoms with van der Waals surface area (Å²) in [5.41, 5.74) is 0.771. The van der Waals surface area contributed by atoms with Crippen LogP contribution in [0.5, 0.6) is 5.75 Å². The fourth-order valence-corrected chi connectivity index (χ4v) is 3.07. The Morgan fingerprint density at radius 3 is 2.50 bits per heavy atom. The number of hydrogen-bond donors (Lipinski definition) is 2. The van der Waals surface area contributed by atoms with Crippen LogP contribution < -0.4 is 15.0 Å². The summed E-state index contributed by atoms with van der Waals surface area (Å²) in [7, 11) is 0. The Balaban J connectivity index is 1.98. The summed E-state index contributed by atoms with van der Waals surface area (Å²) >= 11 is 0. The first-order chi connectivity index (χ1) is 10.7. The van der Waals surface area contributed by atoms with Crippen LogP contribution in [-0.2, 0) is 4.79 Å². The fourth-order valence-electron chi connectivity index (χ4n) is 3.07. The van der Waals surface area contributed by atoms with Crippen molar-refractivity contribution in [2.75, 3.05) is 25.0 Å². The number of carbonyl (C=O) groups excluding carboxylic acids is 1. The quantitative estimate of drug-likeness (QED) is 0.876. The zero-order valence-corrected chi connectivity index (χ0v) is 13.9. The van der Waals surface area contributed by atoms with Crippen molar-refractivity contribution in [1.29, 1.82) is 0 Å². The van der Waals surface area contributed by atoms with Crippen LogP contribution in [0.1, 0.15) is 46.0 Å². The molecule has 0 unspecified atom stereocenters. The highest BCUT2D eigenvalue weighted by molar-refractivity contribution is 5.94. The molecule has 1 fully saturated rings. The van der Waals surface area contributed by atoms with Gasteiger partial charge in [0.25, 0.3) is 5.91 Å². The number of ether oxygens (including phenoxy) is 1. The summed E-state index contributed by atoms with van der Waals surface area (Å²) in [5.74, 6) is 0.830. The second-order valence-electron chi connectivity index (χ2n) is 6.07. The van der Waals surface area contributed by atoms with Crippen molar-refractivity contribution in [3.8, 4) is 5.75 Å². The van der Waals surface area contributed by atoms with E-state index in [1.54, 1.807) is 0 Å². The first kappa shape index (κ1) is 16.8. The maximum Gasteiger partial charge on any atom is 0.282 e. The molecule has 1 atom stereocenters. The maximum absolute atomic E-state index is 12.6. The number of quaternary nitrogens is 1. The molecule has 22 heavy (non-hydrogen) atoms. The van der Waals surface area contributed by atoms with Gasteiger partial charge in [-0.25, -0.2) is 0 Å². The Morgan fingerprint density at radius 2 is 1.82 bits per heavy atom. The second-order valence-corrected chi connectivity index (χ2v) is 6.07. The number of hydrogen-bond acceptors (Lipinski definition) is 2. The molecule has 2 N–H and O–H groups in total. The van der Waals surface area contributed by atoms with E-state index in [9.17, 15) is 4.79 Å². The number of para-hydroxylation sites is 2. The van der Waals surface area contributed by atoms with Crippen LogP contribution in [0.4, 0.5) is 5.69 Å². The van der Waals surface area contributed by atoms with Crippen molar-refractivity contribution in [2.24, 2.45) is 0 Å². The van der Waals surface area contributed by atoms with Crippen LogP contribution in [-0.4, -0.2) is 31.6 Å². The largest absolute Gasteiger partial charge is 0.492 e. The number of amides is 1. The third-order valence-electron chi connectivity index (χ3n) is 4.45. The lowest BCUT2D eigenvalue weighted by molar-refractivity contribution is -0.914. The predicted octanol–water partition coefficient (Wildman–Crippen LogP) is 2.26. The summed E-state index contributed by atoms with van der Waals surface area (Å²) in [6, 6.07) is 7.62. The van der Waals surface area contributed by atoms with E-state index in [-0.39, 0.29) is 11.9 Å². The van der Waals surface area contributed by atoms with Crippen molar-refractivity contribution in [1.82, 2.24) is 0 Å². The fraction of sp³-hybridized carbons (Fsp3) is 0.611. The lowest BCUT2D eigenvalue weighted by Crippen LogP contribution is -3.16. The average molecular weight is 305 g/mol. The second kappa shape index (κ2) is 8.79. The van der Waals surface area contributed by atoms with Gasteiger partial charge in [0.2, 0.25) is 0 Å². The van der Waals surface area contributed by atoms with Crippen LogP contribution in [0.25, 0.3) is 0 Å². The molecule has 0 saturated carbocycles. The molecule has 0 spiro atoms. The summed E-state index contributed by atoms with van der Waals surface area (Å²) in [5, 5.41) is 3.04. The SMILES string of the molecule is CCOc1ccccc1NC(=O)[C@H](C)[NH+]1CCCCCCC1. The predicted molar refractivity (Wildman–Crippen MR) is 89.5 cm³/mol. The molecule has 4 heteroatoms. The van der Waals surface area contributed by atoms with E-state index < -0.39 is 0 Å². The normalized spacial score (nSPS) is 18.1. The Kier molecular flexibility index (Phi) is 6.72. The summed E-state index contributed by atoms with van der Waals surface area (Å²) < 4.78 is 5.58. The van der Waals surface area contributed by atoms with Gasteiger partial charge in [0.05, 0.1) is 25.4 Å². The van der Waals surface area contributed by atoms with Gasteiger partial charge < -0.3 is 15.0 Å². The first-order valence-corrected chi connectivity index (χ1v) is 8.59. The lowest BCUT2D eigenvalue weighted by Gasteiger charge is -2.27. The van der Waals surface area contributed by atoms with Crippen LogP contribution in [0, 0.1) is 0 Å².